The molecule has 0 aromatic carbocycles. The van der Waals surface area contributed by atoms with Crippen molar-refractivity contribution in [2.75, 3.05) is 29.9 Å². The van der Waals surface area contributed by atoms with Gasteiger partial charge in [-0.05, 0) is 25.0 Å². The van der Waals surface area contributed by atoms with Gasteiger partial charge in [-0.3, -0.25) is 9.78 Å². The van der Waals surface area contributed by atoms with Crippen molar-refractivity contribution in [1.29, 1.82) is 0 Å². The average molecular weight is 357 g/mol. The SMILES string of the molecule is O=C(Nc1cccnc1)[C@@H]1CCO[C@@H]2CCN(c3ncc(F)cn3)C[C@@H]21. The van der Waals surface area contributed by atoms with Gasteiger partial charge in [0.25, 0.3) is 0 Å². The topological polar surface area (TPSA) is 80.2 Å². The standard InChI is InChI=1S/C18H20FN5O2/c19-12-8-21-18(22-9-12)24-6-3-16-15(11-24)14(4-7-26-16)17(25)23-13-2-1-5-20-10-13/h1-2,5,8-10,14-16H,3-4,6-7,11H2,(H,23,25)/t14-,15-,16-/m1/s1. The van der Waals surface area contributed by atoms with Crippen LogP contribution in [0.3, 0.4) is 0 Å². The van der Waals surface area contributed by atoms with Gasteiger partial charge < -0.3 is 15.0 Å². The molecule has 7 nitrogen and oxygen atoms in total. The molecule has 136 valence electrons. The van der Waals surface area contributed by atoms with Gasteiger partial charge in [-0.2, -0.15) is 0 Å². The fourth-order valence-corrected chi connectivity index (χ4v) is 3.76. The molecular formula is C18H20FN5O2. The molecule has 0 aliphatic carbocycles. The van der Waals surface area contributed by atoms with Crippen molar-refractivity contribution in [2.45, 2.75) is 18.9 Å². The maximum atomic E-state index is 13.1. The number of hydrogen-bond acceptors (Lipinski definition) is 6. The van der Waals surface area contributed by atoms with E-state index in [0.717, 1.165) is 13.0 Å². The minimum absolute atomic E-state index is 0.0156. The fourth-order valence-electron chi connectivity index (χ4n) is 3.76. The maximum Gasteiger partial charge on any atom is 0.228 e. The molecule has 2 aliphatic heterocycles. The van der Waals surface area contributed by atoms with Crippen LogP contribution in [0.2, 0.25) is 0 Å². The number of nitrogens with one attached hydrogen (secondary N) is 1. The highest BCUT2D eigenvalue weighted by Crippen LogP contribution is 2.34. The molecule has 2 aliphatic rings. The zero-order valence-corrected chi connectivity index (χ0v) is 14.2. The molecule has 2 fully saturated rings. The Labute approximate surface area is 150 Å². The van der Waals surface area contributed by atoms with Crippen molar-refractivity contribution < 1.29 is 13.9 Å². The number of nitrogens with zero attached hydrogens (tertiary/aromatic N) is 4. The van der Waals surface area contributed by atoms with Crippen molar-refractivity contribution in [3.05, 3.63) is 42.7 Å². The smallest absolute Gasteiger partial charge is 0.228 e. The highest BCUT2D eigenvalue weighted by atomic mass is 19.1. The molecule has 0 radical (unpaired) electrons. The Morgan fingerprint density at radius 2 is 2.12 bits per heavy atom. The molecule has 0 bridgehead atoms. The highest BCUT2D eigenvalue weighted by molar-refractivity contribution is 5.92. The number of amides is 1. The van der Waals surface area contributed by atoms with Gasteiger partial charge in [0.1, 0.15) is 0 Å². The van der Waals surface area contributed by atoms with E-state index >= 15 is 0 Å². The van der Waals surface area contributed by atoms with Crippen molar-refractivity contribution in [2.24, 2.45) is 11.8 Å². The summed E-state index contributed by atoms with van der Waals surface area (Å²) in [5.74, 6) is -0.0987. The van der Waals surface area contributed by atoms with Crippen molar-refractivity contribution >= 4 is 17.5 Å². The molecule has 0 saturated carbocycles. The summed E-state index contributed by atoms with van der Waals surface area (Å²) in [6.45, 7) is 1.92. The second-order valence-corrected chi connectivity index (χ2v) is 6.64. The Bertz CT molecular complexity index is 758. The number of hydrogen-bond donors (Lipinski definition) is 1. The van der Waals surface area contributed by atoms with Crippen molar-refractivity contribution in [3.8, 4) is 0 Å². The number of piperidine rings is 1. The quantitative estimate of drug-likeness (QED) is 0.903. The zero-order chi connectivity index (χ0) is 17.9. The second kappa shape index (κ2) is 7.33. The van der Waals surface area contributed by atoms with Crippen LogP contribution in [0, 0.1) is 17.7 Å². The molecule has 3 atom stereocenters. The first-order chi connectivity index (χ1) is 12.7. The second-order valence-electron chi connectivity index (χ2n) is 6.64. The van der Waals surface area contributed by atoms with Gasteiger partial charge in [0.2, 0.25) is 11.9 Å². The third kappa shape index (κ3) is 3.50. The molecule has 26 heavy (non-hydrogen) atoms. The van der Waals surface area contributed by atoms with Gasteiger partial charge in [0.15, 0.2) is 5.82 Å². The molecular weight excluding hydrogens is 337 g/mol. The maximum absolute atomic E-state index is 13.1. The summed E-state index contributed by atoms with van der Waals surface area (Å²) in [5.41, 5.74) is 0.690. The lowest BCUT2D eigenvalue weighted by atomic mass is 9.79. The molecule has 1 N–H and O–H groups in total. The summed E-state index contributed by atoms with van der Waals surface area (Å²) in [4.78, 5) is 27.0. The Morgan fingerprint density at radius 3 is 2.88 bits per heavy atom. The van der Waals surface area contributed by atoms with Gasteiger partial charge >= 0.3 is 0 Å². The van der Waals surface area contributed by atoms with E-state index in [2.05, 4.69) is 20.3 Å². The van der Waals surface area contributed by atoms with Crippen LogP contribution in [-0.2, 0) is 9.53 Å². The van der Waals surface area contributed by atoms with Crippen LogP contribution in [0.1, 0.15) is 12.8 Å². The molecule has 0 spiro atoms. The molecule has 1 amide bonds. The third-order valence-corrected chi connectivity index (χ3v) is 5.03. The summed E-state index contributed by atoms with van der Waals surface area (Å²) in [5, 5.41) is 2.95. The summed E-state index contributed by atoms with van der Waals surface area (Å²) in [6, 6.07) is 3.61. The Hall–Kier alpha value is -2.61. The van der Waals surface area contributed by atoms with Crippen molar-refractivity contribution in [1.82, 2.24) is 15.0 Å². The number of carbonyl (C=O) groups excluding carboxylic acids is 1. The average Bonchev–Trinajstić information content (AvgIpc) is 2.68. The monoisotopic (exact) mass is 357 g/mol. The lowest BCUT2D eigenvalue weighted by molar-refractivity contribution is -0.131. The fraction of sp³-hybridized carbons (Fsp3) is 0.444. The predicted octanol–water partition coefficient (Wildman–Crippen LogP) is 1.88. The number of pyridine rings is 1. The number of anilines is 2. The van der Waals surface area contributed by atoms with Gasteiger partial charge in [-0.15, -0.1) is 0 Å². The molecule has 0 unspecified atom stereocenters. The van der Waals surface area contributed by atoms with Crippen LogP contribution in [-0.4, -0.2) is 46.7 Å². The Kier molecular flexibility index (Phi) is 4.75. The molecule has 2 aromatic heterocycles. The van der Waals surface area contributed by atoms with Crippen molar-refractivity contribution in [3.63, 3.8) is 0 Å². The summed E-state index contributed by atoms with van der Waals surface area (Å²) < 4.78 is 19.0. The van der Waals surface area contributed by atoms with E-state index in [0.29, 0.717) is 31.2 Å². The minimum atomic E-state index is -0.460. The minimum Gasteiger partial charge on any atom is -0.378 e. The number of fused-ring (bicyclic) bond motifs is 1. The molecule has 2 saturated heterocycles. The van der Waals surface area contributed by atoms with Crippen LogP contribution in [0.15, 0.2) is 36.9 Å². The number of aromatic nitrogens is 3. The zero-order valence-electron chi connectivity index (χ0n) is 14.2. The first kappa shape index (κ1) is 16.8. The van der Waals surface area contributed by atoms with Gasteiger partial charge in [0, 0.05) is 37.7 Å². The van der Waals surface area contributed by atoms with E-state index < -0.39 is 5.82 Å². The number of ether oxygens (including phenoxy) is 1. The third-order valence-electron chi connectivity index (χ3n) is 5.03. The number of carbonyl (C=O) groups is 1. The van der Waals surface area contributed by atoms with Crippen LogP contribution in [0.4, 0.5) is 16.0 Å². The van der Waals surface area contributed by atoms with Crippen LogP contribution in [0.5, 0.6) is 0 Å². The largest absolute Gasteiger partial charge is 0.378 e. The van der Waals surface area contributed by atoms with Crippen LogP contribution >= 0.6 is 0 Å². The van der Waals surface area contributed by atoms with E-state index in [1.807, 2.05) is 11.0 Å². The summed E-state index contributed by atoms with van der Waals surface area (Å²) in [6.07, 6.45) is 7.14. The first-order valence-corrected chi connectivity index (χ1v) is 8.76. The molecule has 4 heterocycles. The lowest BCUT2D eigenvalue weighted by Crippen LogP contribution is -2.53. The molecule has 4 rings (SSSR count). The highest BCUT2D eigenvalue weighted by Gasteiger charge is 2.42. The van der Waals surface area contributed by atoms with E-state index in [9.17, 15) is 9.18 Å². The molecule has 8 heteroatoms. The van der Waals surface area contributed by atoms with Crippen LogP contribution in [0.25, 0.3) is 0 Å². The Morgan fingerprint density at radius 1 is 1.27 bits per heavy atom. The summed E-state index contributed by atoms with van der Waals surface area (Å²) >= 11 is 0. The van der Waals surface area contributed by atoms with Gasteiger partial charge in [0.05, 0.1) is 30.4 Å². The Balaban J connectivity index is 1.49. The summed E-state index contributed by atoms with van der Waals surface area (Å²) in [7, 11) is 0. The van der Waals surface area contributed by atoms with E-state index in [-0.39, 0.29) is 23.8 Å². The number of halogens is 1. The normalized spacial score (nSPS) is 25.4. The lowest BCUT2D eigenvalue weighted by Gasteiger charge is -2.44. The first-order valence-electron chi connectivity index (χ1n) is 8.76. The molecule has 2 aromatic rings. The predicted molar refractivity (Wildman–Crippen MR) is 93.0 cm³/mol. The number of rotatable bonds is 3. The van der Waals surface area contributed by atoms with E-state index in [1.165, 1.54) is 12.4 Å². The van der Waals surface area contributed by atoms with E-state index in [4.69, 9.17) is 4.74 Å². The van der Waals surface area contributed by atoms with Gasteiger partial charge in [-0.25, -0.2) is 14.4 Å². The van der Waals surface area contributed by atoms with Gasteiger partial charge in [-0.1, -0.05) is 0 Å². The van der Waals surface area contributed by atoms with E-state index in [1.54, 1.807) is 18.5 Å². The van der Waals surface area contributed by atoms with Crippen LogP contribution < -0.4 is 10.2 Å².